The molecule has 0 fully saturated rings. The zero-order chi connectivity index (χ0) is 14.8. The summed E-state index contributed by atoms with van der Waals surface area (Å²) in [5, 5.41) is 2.84. The molecule has 0 spiro atoms. The number of carbonyl (C=O) groups excluding carboxylic acids is 1. The number of rotatable bonds is 3. The van der Waals surface area contributed by atoms with Crippen molar-refractivity contribution in [3.63, 3.8) is 0 Å². The predicted molar refractivity (Wildman–Crippen MR) is 90.1 cm³/mol. The van der Waals surface area contributed by atoms with E-state index in [9.17, 15) is 4.79 Å². The van der Waals surface area contributed by atoms with Crippen molar-refractivity contribution >= 4 is 43.5 Å². The molecule has 108 valence electrons. The van der Waals surface area contributed by atoms with Crippen LogP contribution < -0.4 is 10.1 Å². The van der Waals surface area contributed by atoms with E-state index in [4.69, 9.17) is 4.74 Å². The molecule has 5 heteroatoms. The van der Waals surface area contributed by atoms with Gasteiger partial charge in [0.1, 0.15) is 5.75 Å². The Bertz CT molecular complexity index is 688. The van der Waals surface area contributed by atoms with Gasteiger partial charge in [-0.3, -0.25) is 4.79 Å². The Hall–Kier alpha value is -1.33. The van der Waals surface area contributed by atoms with Gasteiger partial charge in [-0.05, 0) is 41.8 Å². The van der Waals surface area contributed by atoms with Gasteiger partial charge in [0.15, 0.2) is 6.61 Å². The lowest BCUT2D eigenvalue weighted by Crippen LogP contribution is -2.25. The lowest BCUT2D eigenvalue weighted by atomic mass is 10.0. The first-order valence-electron chi connectivity index (χ1n) is 6.57. The normalized spacial score (nSPS) is 14.9. The molecule has 21 heavy (non-hydrogen) atoms. The number of anilines is 1. The Morgan fingerprint density at radius 3 is 2.90 bits per heavy atom. The van der Waals surface area contributed by atoms with Crippen LogP contribution in [0.3, 0.4) is 0 Å². The Labute approximate surface area is 140 Å². The van der Waals surface area contributed by atoms with Gasteiger partial charge in [-0.1, -0.05) is 50.1 Å². The van der Waals surface area contributed by atoms with E-state index in [0.29, 0.717) is 0 Å². The van der Waals surface area contributed by atoms with Gasteiger partial charge in [-0.15, -0.1) is 0 Å². The molecule has 2 aromatic carbocycles. The molecule has 0 saturated heterocycles. The van der Waals surface area contributed by atoms with E-state index < -0.39 is 0 Å². The standard InChI is InChI=1S/C16H13Br2NO2/c17-12-3-1-2-10(6-12)7-13(18)11-4-5-15-14(8-11)19-16(20)9-21-15/h1-6,8,13H,7,9H2,(H,19,20). The van der Waals surface area contributed by atoms with E-state index in [1.54, 1.807) is 0 Å². The summed E-state index contributed by atoms with van der Waals surface area (Å²) in [6, 6.07) is 14.1. The second-order valence-corrected chi connectivity index (χ2v) is 6.92. The molecule has 3 rings (SSSR count). The minimum absolute atomic E-state index is 0.0854. The molecule has 1 unspecified atom stereocenters. The third-order valence-electron chi connectivity index (χ3n) is 3.30. The SMILES string of the molecule is O=C1COc2ccc(C(Br)Cc3cccc(Br)c3)cc2N1. The highest BCUT2D eigenvalue weighted by Crippen LogP contribution is 2.34. The van der Waals surface area contributed by atoms with Gasteiger partial charge < -0.3 is 10.1 Å². The quantitative estimate of drug-likeness (QED) is 0.758. The summed E-state index contributed by atoms with van der Waals surface area (Å²) in [5.41, 5.74) is 3.09. The van der Waals surface area contributed by atoms with Crippen LogP contribution in [-0.4, -0.2) is 12.5 Å². The maximum atomic E-state index is 11.4. The highest BCUT2D eigenvalue weighted by atomic mass is 79.9. The molecule has 1 amide bonds. The predicted octanol–water partition coefficient (Wildman–Crippen LogP) is 4.46. The summed E-state index contributed by atoms with van der Waals surface area (Å²) in [6.07, 6.45) is 0.868. The molecule has 1 aliphatic rings. The van der Waals surface area contributed by atoms with Gasteiger partial charge >= 0.3 is 0 Å². The van der Waals surface area contributed by atoms with Crippen molar-refractivity contribution in [2.45, 2.75) is 11.2 Å². The van der Waals surface area contributed by atoms with Crippen molar-refractivity contribution in [1.29, 1.82) is 0 Å². The first-order valence-corrected chi connectivity index (χ1v) is 8.28. The van der Waals surface area contributed by atoms with E-state index in [-0.39, 0.29) is 17.3 Å². The van der Waals surface area contributed by atoms with Gasteiger partial charge in [0.05, 0.1) is 5.69 Å². The van der Waals surface area contributed by atoms with E-state index in [2.05, 4.69) is 49.3 Å². The summed E-state index contributed by atoms with van der Waals surface area (Å²) in [5.74, 6) is 0.610. The van der Waals surface area contributed by atoms with Crippen LogP contribution in [0.1, 0.15) is 16.0 Å². The van der Waals surface area contributed by atoms with Crippen LogP contribution in [0.15, 0.2) is 46.9 Å². The first kappa shape index (κ1) is 14.6. The number of halogens is 2. The van der Waals surface area contributed by atoms with Crippen molar-refractivity contribution in [3.05, 3.63) is 58.1 Å². The van der Waals surface area contributed by atoms with Crippen molar-refractivity contribution in [2.75, 3.05) is 11.9 Å². The van der Waals surface area contributed by atoms with E-state index in [0.717, 1.165) is 27.9 Å². The van der Waals surface area contributed by atoms with Gasteiger partial charge in [-0.2, -0.15) is 0 Å². The Morgan fingerprint density at radius 2 is 2.10 bits per heavy atom. The fourth-order valence-corrected chi connectivity index (χ4v) is 3.39. The molecular formula is C16H13Br2NO2. The molecule has 1 aliphatic heterocycles. The Morgan fingerprint density at radius 1 is 1.24 bits per heavy atom. The fraction of sp³-hybridized carbons (Fsp3) is 0.188. The second-order valence-electron chi connectivity index (χ2n) is 4.89. The van der Waals surface area contributed by atoms with Crippen molar-refractivity contribution in [1.82, 2.24) is 0 Å². The second kappa shape index (κ2) is 6.20. The molecule has 0 aromatic heterocycles. The average molecular weight is 411 g/mol. The number of ether oxygens (including phenoxy) is 1. The van der Waals surface area contributed by atoms with Gasteiger partial charge in [0, 0.05) is 9.30 Å². The lowest BCUT2D eigenvalue weighted by Gasteiger charge is -2.20. The molecule has 0 aliphatic carbocycles. The molecular weight excluding hydrogens is 398 g/mol. The highest BCUT2D eigenvalue weighted by molar-refractivity contribution is 9.10. The number of fused-ring (bicyclic) bond motifs is 1. The van der Waals surface area contributed by atoms with Crippen LogP contribution in [0.25, 0.3) is 0 Å². The number of benzene rings is 2. The topological polar surface area (TPSA) is 38.3 Å². The minimum atomic E-state index is -0.113. The third-order valence-corrected chi connectivity index (χ3v) is 4.65. The fourth-order valence-electron chi connectivity index (χ4n) is 2.28. The number of nitrogens with one attached hydrogen (secondary N) is 1. The summed E-state index contributed by atoms with van der Waals surface area (Å²) in [4.78, 5) is 11.6. The summed E-state index contributed by atoms with van der Waals surface area (Å²) in [6.45, 7) is 0.0854. The molecule has 0 bridgehead atoms. The van der Waals surface area contributed by atoms with Crippen LogP contribution in [0.4, 0.5) is 5.69 Å². The summed E-state index contributed by atoms with van der Waals surface area (Å²) < 4.78 is 6.45. The monoisotopic (exact) mass is 409 g/mol. The number of hydrogen-bond acceptors (Lipinski definition) is 2. The molecule has 0 saturated carbocycles. The van der Waals surface area contributed by atoms with E-state index >= 15 is 0 Å². The van der Waals surface area contributed by atoms with Crippen LogP contribution in [0, 0.1) is 0 Å². The maximum absolute atomic E-state index is 11.4. The summed E-state index contributed by atoms with van der Waals surface area (Å²) in [7, 11) is 0. The number of amides is 1. The van der Waals surface area contributed by atoms with Gasteiger partial charge in [0.2, 0.25) is 0 Å². The van der Waals surface area contributed by atoms with Crippen LogP contribution in [0.2, 0.25) is 0 Å². The molecule has 2 aromatic rings. The molecule has 0 radical (unpaired) electrons. The lowest BCUT2D eigenvalue weighted by molar-refractivity contribution is -0.118. The number of alkyl halides is 1. The summed E-state index contributed by atoms with van der Waals surface area (Å²) >= 11 is 7.21. The maximum Gasteiger partial charge on any atom is 0.262 e. The minimum Gasteiger partial charge on any atom is -0.482 e. The smallest absolute Gasteiger partial charge is 0.262 e. The Balaban J connectivity index is 1.80. The number of carbonyl (C=O) groups is 1. The molecule has 3 nitrogen and oxygen atoms in total. The Kier molecular flexibility index (Phi) is 4.31. The van der Waals surface area contributed by atoms with Crippen LogP contribution in [-0.2, 0) is 11.2 Å². The third kappa shape index (κ3) is 3.47. The highest BCUT2D eigenvalue weighted by Gasteiger charge is 2.18. The van der Waals surface area contributed by atoms with Crippen molar-refractivity contribution < 1.29 is 9.53 Å². The van der Waals surface area contributed by atoms with E-state index in [1.165, 1.54) is 5.56 Å². The number of hydrogen-bond donors (Lipinski definition) is 1. The van der Waals surface area contributed by atoms with Crippen molar-refractivity contribution in [3.8, 4) is 5.75 Å². The zero-order valence-electron chi connectivity index (χ0n) is 11.1. The van der Waals surface area contributed by atoms with Crippen LogP contribution >= 0.6 is 31.9 Å². The van der Waals surface area contributed by atoms with Crippen LogP contribution in [0.5, 0.6) is 5.75 Å². The first-order chi connectivity index (χ1) is 10.1. The van der Waals surface area contributed by atoms with Gasteiger partial charge in [-0.25, -0.2) is 0 Å². The zero-order valence-corrected chi connectivity index (χ0v) is 14.3. The molecule has 1 heterocycles. The van der Waals surface area contributed by atoms with Crippen molar-refractivity contribution in [2.24, 2.45) is 0 Å². The molecule has 1 N–H and O–H groups in total. The van der Waals surface area contributed by atoms with E-state index in [1.807, 2.05) is 30.3 Å². The van der Waals surface area contributed by atoms with Gasteiger partial charge in [0.25, 0.3) is 5.91 Å². The molecule has 1 atom stereocenters. The largest absolute Gasteiger partial charge is 0.482 e. The average Bonchev–Trinajstić information content (AvgIpc) is 2.46.